The summed E-state index contributed by atoms with van der Waals surface area (Å²) in [7, 11) is 1.69. The number of aliphatic imine (C=N–C) groups is 1. The van der Waals surface area contributed by atoms with Gasteiger partial charge in [-0.1, -0.05) is 25.8 Å². The molecule has 0 radical (unpaired) electrons. The summed E-state index contributed by atoms with van der Waals surface area (Å²) in [5.74, 6) is 1.39. The molecule has 1 atom stereocenters. The Balaban J connectivity index is 2.33. The molecule has 3 heteroatoms. The summed E-state index contributed by atoms with van der Waals surface area (Å²) in [5.41, 5.74) is 2.29. The van der Waals surface area contributed by atoms with Crippen molar-refractivity contribution in [2.75, 3.05) is 7.11 Å². The summed E-state index contributed by atoms with van der Waals surface area (Å²) in [6.45, 7) is 2.11. The molecule has 1 aliphatic carbocycles. The van der Waals surface area contributed by atoms with Gasteiger partial charge in [0.2, 0.25) is 6.08 Å². The highest BCUT2D eigenvalue weighted by Crippen LogP contribution is 2.39. The number of aryl methyl sites for hydroxylation is 1. The van der Waals surface area contributed by atoms with Crippen LogP contribution < -0.4 is 4.74 Å². The van der Waals surface area contributed by atoms with Gasteiger partial charge in [-0.3, -0.25) is 0 Å². The molecule has 102 valence electrons. The van der Waals surface area contributed by atoms with Crippen molar-refractivity contribution in [2.24, 2.45) is 10.9 Å². The van der Waals surface area contributed by atoms with Crippen molar-refractivity contribution in [1.82, 2.24) is 0 Å². The van der Waals surface area contributed by atoms with Crippen molar-refractivity contribution >= 4 is 6.08 Å². The van der Waals surface area contributed by atoms with Gasteiger partial charge >= 0.3 is 0 Å². The van der Waals surface area contributed by atoms with E-state index in [9.17, 15) is 4.79 Å². The maximum absolute atomic E-state index is 10.7. The summed E-state index contributed by atoms with van der Waals surface area (Å²) in [6, 6.07) is 6.11. The highest BCUT2D eigenvalue weighted by Gasteiger charge is 2.26. The minimum absolute atomic E-state index is 0.0313. The van der Waals surface area contributed by atoms with E-state index in [0.29, 0.717) is 5.92 Å². The lowest BCUT2D eigenvalue weighted by Gasteiger charge is -2.19. The van der Waals surface area contributed by atoms with Crippen LogP contribution in [0.15, 0.2) is 23.2 Å². The van der Waals surface area contributed by atoms with Gasteiger partial charge in [0.15, 0.2) is 0 Å². The van der Waals surface area contributed by atoms with Gasteiger partial charge in [0.25, 0.3) is 0 Å². The first-order valence-electron chi connectivity index (χ1n) is 7.04. The summed E-state index contributed by atoms with van der Waals surface area (Å²) in [5, 5.41) is 0. The lowest BCUT2D eigenvalue weighted by atomic mass is 9.91. The van der Waals surface area contributed by atoms with Crippen LogP contribution in [-0.4, -0.2) is 13.2 Å². The minimum Gasteiger partial charge on any atom is -0.496 e. The van der Waals surface area contributed by atoms with E-state index in [4.69, 9.17) is 4.74 Å². The highest BCUT2D eigenvalue weighted by molar-refractivity contribution is 5.41. The summed E-state index contributed by atoms with van der Waals surface area (Å²) in [6.07, 6.45) is 7.47. The molecular weight excluding hydrogens is 238 g/mol. The Kier molecular flexibility index (Phi) is 4.75. The van der Waals surface area contributed by atoms with Crippen LogP contribution >= 0.6 is 0 Å². The zero-order chi connectivity index (χ0) is 13.7. The molecule has 1 aromatic carbocycles. The zero-order valence-corrected chi connectivity index (χ0v) is 11.7. The highest BCUT2D eigenvalue weighted by atomic mass is 16.5. The average Bonchev–Trinajstić information content (AvgIpc) is 2.98. The number of rotatable bonds is 5. The third-order valence-corrected chi connectivity index (χ3v) is 4.07. The second kappa shape index (κ2) is 6.53. The molecule has 0 spiro atoms. The van der Waals surface area contributed by atoms with Crippen LogP contribution in [0.4, 0.5) is 0 Å². The van der Waals surface area contributed by atoms with Crippen LogP contribution in [0, 0.1) is 5.92 Å². The predicted molar refractivity (Wildman–Crippen MR) is 75.2 cm³/mol. The fraction of sp³-hybridized carbons (Fsp3) is 0.562. The van der Waals surface area contributed by atoms with E-state index < -0.39 is 0 Å². The third-order valence-electron chi connectivity index (χ3n) is 4.07. The Bertz CT molecular complexity index is 472. The number of carbonyl (C=O) groups excluding carboxylic acids is 1. The largest absolute Gasteiger partial charge is 0.496 e. The standard InChI is InChI=1S/C16H21NO2/c1-3-12-10-14(8-9-15(12)19-2)16(17-11-18)13-6-4-5-7-13/h8-10,13,16H,3-7H2,1-2H3. The van der Waals surface area contributed by atoms with Crippen LogP contribution in [0.3, 0.4) is 0 Å². The van der Waals surface area contributed by atoms with E-state index in [-0.39, 0.29) is 6.04 Å². The predicted octanol–water partition coefficient (Wildman–Crippen LogP) is 3.82. The zero-order valence-electron chi connectivity index (χ0n) is 11.7. The van der Waals surface area contributed by atoms with Gasteiger partial charge in [-0.25, -0.2) is 4.79 Å². The molecule has 0 amide bonds. The Hall–Kier alpha value is -1.60. The monoisotopic (exact) mass is 259 g/mol. The first kappa shape index (κ1) is 13.8. The van der Waals surface area contributed by atoms with Gasteiger partial charge in [0.1, 0.15) is 5.75 Å². The molecule has 0 N–H and O–H groups in total. The maximum Gasteiger partial charge on any atom is 0.235 e. The molecule has 1 saturated carbocycles. The Morgan fingerprint density at radius 3 is 2.74 bits per heavy atom. The van der Waals surface area contributed by atoms with Gasteiger partial charge in [-0.15, -0.1) is 0 Å². The molecule has 0 saturated heterocycles. The Labute approximate surface area is 114 Å². The second-order valence-electron chi connectivity index (χ2n) is 5.13. The maximum atomic E-state index is 10.7. The lowest BCUT2D eigenvalue weighted by Crippen LogP contribution is -2.08. The number of nitrogens with zero attached hydrogens (tertiary/aromatic N) is 1. The quantitative estimate of drug-likeness (QED) is 0.595. The topological polar surface area (TPSA) is 38.7 Å². The van der Waals surface area contributed by atoms with E-state index >= 15 is 0 Å². The van der Waals surface area contributed by atoms with Crippen LogP contribution in [-0.2, 0) is 11.2 Å². The first-order chi connectivity index (χ1) is 9.30. The van der Waals surface area contributed by atoms with Crippen molar-refractivity contribution < 1.29 is 9.53 Å². The van der Waals surface area contributed by atoms with E-state index in [1.807, 2.05) is 12.1 Å². The molecule has 1 unspecified atom stereocenters. The average molecular weight is 259 g/mol. The molecule has 0 heterocycles. The van der Waals surface area contributed by atoms with Gasteiger partial charge in [0, 0.05) is 0 Å². The third kappa shape index (κ3) is 3.05. The van der Waals surface area contributed by atoms with Crippen molar-refractivity contribution in [3.8, 4) is 5.75 Å². The fourth-order valence-corrected chi connectivity index (χ4v) is 3.04. The number of benzene rings is 1. The molecule has 0 aliphatic heterocycles. The van der Waals surface area contributed by atoms with Gasteiger partial charge in [0.05, 0.1) is 13.2 Å². The SMILES string of the molecule is CCc1cc(C(N=C=O)C2CCCC2)ccc1OC. The first-order valence-corrected chi connectivity index (χ1v) is 7.04. The number of hydrogen-bond donors (Lipinski definition) is 0. The van der Waals surface area contributed by atoms with Crippen LogP contribution in [0.5, 0.6) is 5.75 Å². The molecule has 0 aromatic heterocycles. The van der Waals surface area contributed by atoms with E-state index in [0.717, 1.165) is 30.6 Å². The smallest absolute Gasteiger partial charge is 0.235 e. The minimum atomic E-state index is -0.0313. The van der Waals surface area contributed by atoms with Crippen molar-refractivity contribution in [1.29, 1.82) is 0 Å². The summed E-state index contributed by atoms with van der Waals surface area (Å²) >= 11 is 0. The molecular formula is C16H21NO2. The molecule has 1 aliphatic rings. The number of isocyanates is 1. The van der Waals surface area contributed by atoms with E-state index in [1.165, 1.54) is 18.4 Å². The molecule has 3 nitrogen and oxygen atoms in total. The fourth-order valence-electron chi connectivity index (χ4n) is 3.04. The van der Waals surface area contributed by atoms with Crippen LogP contribution in [0.25, 0.3) is 0 Å². The molecule has 0 bridgehead atoms. The number of ether oxygens (including phenoxy) is 1. The Morgan fingerprint density at radius 2 is 2.16 bits per heavy atom. The van der Waals surface area contributed by atoms with Crippen LogP contribution in [0.1, 0.15) is 49.8 Å². The summed E-state index contributed by atoms with van der Waals surface area (Å²) < 4.78 is 5.35. The molecule has 2 rings (SSSR count). The van der Waals surface area contributed by atoms with Crippen molar-refractivity contribution in [3.05, 3.63) is 29.3 Å². The van der Waals surface area contributed by atoms with Crippen molar-refractivity contribution in [3.63, 3.8) is 0 Å². The molecule has 1 aromatic rings. The second-order valence-corrected chi connectivity index (χ2v) is 5.13. The number of methoxy groups -OCH3 is 1. The lowest BCUT2D eigenvalue weighted by molar-refractivity contribution is 0.408. The summed E-state index contributed by atoms with van der Waals surface area (Å²) in [4.78, 5) is 14.8. The van der Waals surface area contributed by atoms with Gasteiger partial charge in [-0.2, -0.15) is 4.99 Å². The van der Waals surface area contributed by atoms with E-state index in [2.05, 4.69) is 18.0 Å². The molecule has 19 heavy (non-hydrogen) atoms. The molecule has 1 fully saturated rings. The van der Waals surface area contributed by atoms with E-state index in [1.54, 1.807) is 13.2 Å². The van der Waals surface area contributed by atoms with Crippen molar-refractivity contribution in [2.45, 2.75) is 45.1 Å². The van der Waals surface area contributed by atoms with Crippen LogP contribution in [0.2, 0.25) is 0 Å². The Morgan fingerprint density at radius 1 is 1.42 bits per heavy atom. The number of hydrogen-bond acceptors (Lipinski definition) is 3. The van der Waals surface area contributed by atoms with Gasteiger partial charge < -0.3 is 4.74 Å². The normalized spacial score (nSPS) is 16.9. The van der Waals surface area contributed by atoms with Gasteiger partial charge in [-0.05, 0) is 48.4 Å².